The van der Waals surface area contributed by atoms with E-state index in [9.17, 15) is 31.2 Å². The van der Waals surface area contributed by atoms with Crippen molar-refractivity contribution in [2.24, 2.45) is 0 Å². The average molecular weight is 611 g/mol. The molecule has 0 heterocycles. The summed E-state index contributed by atoms with van der Waals surface area (Å²) in [6.07, 6.45) is -2.87. The lowest BCUT2D eigenvalue weighted by molar-refractivity contribution is -0.141. The number of amides is 2. The third kappa shape index (κ3) is 9.58. The zero-order valence-electron chi connectivity index (χ0n) is 21.9. The minimum atomic E-state index is -4.65. The lowest BCUT2D eigenvalue weighted by Gasteiger charge is -2.31. The Labute approximate surface area is 237 Å². The quantitative estimate of drug-likeness (QED) is 0.307. The zero-order chi connectivity index (χ0) is 29.4. The summed E-state index contributed by atoms with van der Waals surface area (Å²) in [7, 11) is -3.95. The van der Waals surface area contributed by atoms with Crippen molar-refractivity contribution in [2.45, 2.75) is 58.3 Å². The molecule has 0 bridgehead atoms. The Hall–Kier alpha value is -2.50. The molecule has 13 heteroatoms. The predicted molar refractivity (Wildman–Crippen MR) is 147 cm³/mol. The number of sulfonamides is 1. The molecule has 39 heavy (non-hydrogen) atoms. The van der Waals surface area contributed by atoms with Crippen LogP contribution in [-0.2, 0) is 32.3 Å². The van der Waals surface area contributed by atoms with Gasteiger partial charge in [0.05, 0.1) is 27.6 Å². The molecule has 1 atom stereocenters. The number of halogens is 5. The first kappa shape index (κ1) is 32.7. The molecule has 2 amide bonds. The highest BCUT2D eigenvalue weighted by molar-refractivity contribution is 7.92. The maximum absolute atomic E-state index is 13.4. The molecular weight excluding hydrogens is 578 g/mol. The van der Waals surface area contributed by atoms with Gasteiger partial charge in [0.25, 0.3) is 0 Å². The fourth-order valence-corrected chi connectivity index (χ4v) is 5.24. The van der Waals surface area contributed by atoms with E-state index in [1.165, 1.54) is 11.0 Å². The number of anilines is 1. The molecule has 216 valence electrons. The molecule has 0 spiro atoms. The van der Waals surface area contributed by atoms with Crippen LogP contribution in [-0.4, -0.2) is 50.5 Å². The Balaban J connectivity index is 2.27. The van der Waals surface area contributed by atoms with Crippen LogP contribution in [0.25, 0.3) is 0 Å². The topological polar surface area (TPSA) is 86.8 Å². The molecule has 0 radical (unpaired) electrons. The molecule has 0 saturated heterocycles. The second kappa shape index (κ2) is 14.2. The molecule has 0 aromatic heterocycles. The average Bonchev–Trinajstić information content (AvgIpc) is 2.86. The molecule has 0 fully saturated rings. The van der Waals surface area contributed by atoms with Crippen molar-refractivity contribution in [3.05, 3.63) is 63.6 Å². The maximum Gasteiger partial charge on any atom is 0.416 e. The number of nitrogens with zero attached hydrogens (tertiary/aromatic N) is 2. The van der Waals surface area contributed by atoms with E-state index < -0.39 is 33.7 Å². The Morgan fingerprint density at radius 2 is 1.74 bits per heavy atom. The summed E-state index contributed by atoms with van der Waals surface area (Å²) in [6.45, 7) is 3.93. The largest absolute Gasteiger partial charge is 0.416 e. The van der Waals surface area contributed by atoms with E-state index in [-0.39, 0.29) is 42.5 Å². The highest BCUT2D eigenvalue weighted by Crippen LogP contribution is 2.32. The SMILES string of the molecule is CCCNC(=O)[C@@H](CC)N(Cc1ccc(Cl)c(Cl)c1)C(=O)CCCN(c1cccc(C(F)(F)F)c1)S(C)(=O)=O. The Morgan fingerprint density at radius 3 is 2.31 bits per heavy atom. The van der Waals surface area contributed by atoms with Crippen LogP contribution in [0.4, 0.5) is 18.9 Å². The summed E-state index contributed by atoms with van der Waals surface area (Å²) < 4.78 is 65.2. The molecule has 0 saturated carbocycles. The van der Waals surface area contributed by atoms with Gasteiger partial charge in [-0.3, -0.25) is 13.9 Å². The van der Waals surface area contributed by atoms with Crippen molar-refractivity contribution >= 4 is 50.7 Å². The molecule has 1 N–H and O–H groups in total. The minimum absolute atomic E-state index is 0.00698. The molecule has 2 aromatic carbocycles. The third-order valence-corrected chi connectivity index (χ3v) is 7.82. The second-order valence-electron chi connectivity index (χ2n) is 8.97. The van der Waals surface area contributed by atoms with Crippen LogP contribution >= 0.6 is 23.2 Å². The number of alkyl halides is 3. The van der Waals surface area contributed by atoms with Gasteiger partial charge in [0.15, 0.2) is 0 Å². The molecular formula is C26H32Cl2F3N3O4S. The van der Waals surface area contributed by atoms with Gasteiger partial charge in [-0.15, -0.1) is 0 Å². The number of carbonyl (C=O) groups excluding carboxylic acids is 2. The monoisotopic (exact) mass is 609 g/mol. The van der Waals surface area contributed by atoms with Crippen molar-refractivity contribution in [3.63, 3.8) is 0 Å². The Morgan fingerprint density at radius 1 is 1.05 bits per heavy atom. The lowest BCUT2D eigenvalue weighted by Crippen LogP contribution is -2.49. The fraction of sp³-hybridized carbons (Fsp3) is 0.462. The van der Waals surface area contributed by atoms with E-state index >= 15 is 0 Å². The van der Waals surface area contributed by atoms with E-state index in [1.807, 2.05) is 6.92 Å². The summed E-state index contributed by atoms with van der Waals surface area (Å²) >= 11 is 12.1. The van der Waals surface area contributed by atoms with Crippen molar-refractivity contribution in [1.82, 2.24) is 10.2 Å². The van der Waals surface area contributed by atoms with Crippen molar-refractivity contribution < 1.29 is 31.2 Å². The van der Waals surface area contributed by atoms with Gasteiger partial charge in [-0.05, 0) is 55.2 Å². The first-order chi connectivity index (χ1) is 18.2. The molecule has 0 aliphatic carbocycles. The summed E-state index contributed by atoms with van der Waals surface area (Å²) in [5, 5.41) is 3.42. The minimum Gasteiger partial charge on any atom is -0.354 e. The second-order valence-corrected chi connectivity index (χ2v) is 11.7. The van der Waals surface area contributed by atoms with E-state index in [2.05, 4.69) is 5.32 Å². The van der Waals surface area contributed by atoms with Crippen LogP contribution in [0.15, 0.2) is 42.5 Å². The highest BCUT2D eigenvalue weighted by Gasteiger charge is 2.32. The molecule has 0 unspecified atom stereocenters. The van der Waals surface area contributed by atoms with Crippen LogP contribution in [0, 0.1) is 0 Å². The van der Waals surface area contributed by atoms with Crippen LogP contribution in [0.3, 0.4) is 0 Å². The maximum atomic E-state index is 13.4. The number of benzene rings is 2. The summed E-state index contributed by atoms with van der Waals surface area (Å²) in [4.78, 5) is 27.7. The van der Waals surface area contributed by atoms with Crippen LogP contribution in [0.1, 0.15) is 50.7 Å². The van der Waals surface area contributed by atoms with E-state index in [1.54, 1.807) is 25.1 Å². The van der Waals surface area contributed by atoms with E-state index in [0.29, 0.717) is 30.0 Å². The first-order valence-corrected chi connectivity index (χ1v) is 15.0. The number of rotatable bonds is 13. The van der Waals surface area contributed by atoms with Crippen LogP contribution in [0.5, 0.6) is 0 Å². The molecule has 0 aliphatic heterocycles. The molecule has 0 aliphatic rings. The zero-order valence-corrected chi connectivity index (χ0v) is 24.2. The van der Waals surface area contributed by atoms with Crippen molar-refractivity contribution in [3.8, 4) is 0 Å². The van der Waals surface area contributed by atoms with Gasteiger partial charge in [0.1, 0.15) is 6.04 Å². The number of nitrogens with one attached hydrogen (secondary N) is 1. The van der Waals surface area contributed by atoms with E-state index in [4.69, 9.17) is 23.2 Å². The standard InChI is InChI=1S/C26H32Cl2F3N3O4S/c1-4-13-32-25(36)23(5-2)33(17-18-11-12-21(27)22(28)15-18)24(35)10-7-14-34(39(3,37)38)20-9-6-8-19(16-20)26(29,30)31/h6,8-9,11-12,15-16,23H,4-5,7,10,13-14,17H2,1-3H3,(H,32,36)/t23-/m1/s1. The van der Waals surface area contributed by atoms with Crippen LogP contribution < -0.4 is 9.62 Å². The van der Waals surface area contributed by atoms with Gasteiger partial charge >= 0.3 is 6.18 Å². The van der Waals surface area contributed by atoms with Crippen LogP contribution in [0.2, 0.25) is 10.0 Å². The third-order valence-electron chi connectivity index (χ3n) is 5.89. The lowest BCUT2D eigenvalue weighted by atomic mass is 10.1. The van der Waals surface area contributed by atoms with Gasteiger partial charge in [-0.2, -0.15) is 13.2 Å². The number of hydrogen-bond acceptors (Lipinski definition) is 4. The van der Waals surface area contributed by atoms with Gasteiger partial charge < -0.3 is 10.2 Å². The summed E-state index contributed by atoms with van der Waals surface area (Å²) in [6, 6.07) is 8.06. The Bertz CT molecular complexity index is 1260. The van der Waals surface area contributed by atoms with Gasteiger partial charge in [0, 0.05) is 26.1 Å². The van der Waals surface area contributed by atoms with E-state index in [0.717, 1.165) is 28.8 Å². The van der Waals surface area contributed by atoms with Gasteiger partial charge in [-0.25, -0.2) is 8.42 Å². The molecule has 2 rings (SSSR count). The van der Waals surface area contributed by atoms with Crippen molar-refractivity contribution in [1.29, 1.82) is 0 Å². The predicted octanol–water partition coefficient (Wildman–Crippen LogP) is 5.89. The summed E-state index contributed by atoms with van der Waals surface area (Å²) in [5.41, 5.74) is -0.500. The fourth-order valence-electron chi connectivity index (χ4n) is 3.96. The smallest absolute Gasteiger partial charge is 0.354 e. The summed E-state index contributed by atoms with van der Waals surface area (Å²) in [5.74, 6) is -0.744. The van der Waals surface area contributed by atoms with Gasteiger partial charge in [0.2, 0.25) is 21.8 Å². The van der Waals surface area contributed by atoms with Crippen molar-refractivity contribution in [2.75, 3.05) is 23.7 Å². The highest BCUT2D eigenvalue weighted by atomic mass is 35.5. The first-order valence-electron chi connectivity index (χ1n) is 12.3. The van der Waals surface area contributed by atoms with Gasteiger partial charge in [-0.1, -0.05) is 49.2 Å². The molecule has 2 aromatic rings. The Kier molecular flexibility index (Phi) is 11.9. The number of hydrogen-bond donors (Lipinski definition) is 1. The number of carbonyl (C=O) groups is 2. The normalized spacial score (nSPS) is 12.6. The molecule has 7 nitrogen and oxygen atoms in total.